The van der Waals surface area contributed by atoms with E-state index in [9.17, 15) is 0 Å². The Bertz CT molecular complexity index is 2360. The number of hydrogen-bond donors (Lipinski definition) is 0. The molecule has 0 unspecified atom stereocenters. The van der Waals surface area contributed by atoms with Gasteiger partial charge in [0.2, 0.25) is 0 Å². The first-order chi connectivity index (χ1) is 21.6. The lowest BCUT2D eigenvalue weighted by Gasteiger charge is -2.15. The Morgan fingerprint density at radius 2 is 0.977 bits per heavy atom. The monoisotopic (exact) mass is 563 g/mol. The molecule has 8 rings (SSSR count). The lowest BCUT2D eigenvalue weighted by Crippen LogP contribution is -2.02. The van der Waals surface area contributed by atoms with Crippen molar-refractivity contribution in [2.75, 3.05) is 0 Å². The molecule has 3 nitrogen and oxygen atoms in total. The number of nitrogens with zero attached hydrogens (tertiary/aromatic N) is 3. The van der Waals surface area contributed by atoms with Crippen LogP contribution in [0.15, 0.2) is 140 Å². The van der Waals surface area contributed by atoms with Gasteiger partial charge in [0.15, 0.2) is 17.5 Å². The van der Waals surface area contributed by atoms with Gasteiger partial charge in [0.1, 0.15) is 0 Å². The van der Waals surface area contributed by atoms with Crippen molar-refractivity contribution in [2.45, 2.75) is 13.8 Å². The van der Waals surface area contributed by atoms with Gasteiger partial charge >= 0.3 is 0 Å². The van der Waals surface area contributed by atoms with E-state index in [1.807, 2.05) is 18.2 Å². The Kier molecular flexibility index (Phi) is 6.23. The van der Waals surface area contributed by atoms with Crippen LogP contribution in [0.5, 0.6) is 0 Å². The summed E-state index contributed by atoms with van der Waals surface area (Å²) in [5.74, 6) is 2.00. The largest absolute Gasteiger partial charge is 0.208 e. The van der Waals surface area contributed by atoms with Crippen molar-refractivity contribution >= 4 is 32.3 Å². The molecule has 0 saturated heterocycles. The predicted octanol–water partition coefficient (Wildman–Crippen LogP) is 10.6. The highest BCUT2D eigenvalue weighted by atomic mass is 15.0. The summed E-state index contributed by atoms with van der Waals surface area (Å²) < 4.78 is 0. The first kappa shape index (κ1) is 26.0. The Hall–Kier alpha value is -5.67. The maximum atomic E-state index is 5.16. The fourth-order valence-electron chi connectivity index (χ4n) is 6.41. The fourth-order valence-corrected chi connectivity index (χ4v) is 6.41. The number of aromatic nitrogens is 3. The smallest absolute Gasteiger partial charge is 0.164 e. The minimum atomic E-state index is 0.663. The third-order valence-corrected chi connectivity index (χ3v) is 8.57. The first-order valence-corrected chi connectivity index (χ1v) is 15.0. The van der Waals surface area contributed by atoms with Gasteiger partial charge in [-0.05, 0) is 74.5 Å². The molecule has 0 N–H and O–H groups in total. The van der Waals surface area contributed by atoms with Gasteiger partial charge in [-0.15, -0.1) is 0 Å². The van der Waals surface area contributed by atoms with Crippen LogP contribution >= 0.6 is 0 Å². The summed E-state index contributed by atoms with van der Waals surface area (Å²) in [7, 11) is 0. The highest BCUT2D eigenvalue weighted by Gasteiger charge is 2.17. The van der Waals surface area contributed by atoms with Crippen LogP contribution in [0.3, 0.4) is 0 Å². The highest BCUT2D eigenvalue weighted by Crippen LogP contribution is 2.37. The van der Waals surface area contributed by atoms with Crippen molar-refractivity contribution in [3.63, 3.8) is 0 Å². The van der Waals surface area contributed by atoms with E-state index in [4.69, 9.17) is 15.0 Å². The van der Waals surface area contributed by atoms with Gasteiger partial charge in [-0.3, -0.25) is 0 Å². The first-order valence-electron chi connectivity index (χ1n) is 15.0. The van der Waals surface area contributed by atoms with Gasteiger partial charge in [0, 0.05) is 16.7 Å². The summed E-state index contributed by atoms with van der Waals surface area (Å²) in [5.41, 5.74) is 7.80. The normalized spacial score (nSPS) is 11.4. The lowest BCUT2D eigenvalue weighted by molar-refractivity contribution is 1.07. The van der Waals surface area contributed by atoms with Crippen LogP contribution < -0.4 is 0 Å². The summed E-state index contributed by atoms with van der Waals surface area (Å²) in [6, 6.07) is 49.0. The minimum Gasteiger partial charge on any atom is -0.208 e. The van der Waals surface area contributed by atoms with E-state index < -0.39 is 0 Å². The average molecular weight is 564 g/mol. The number of rotatable bonds is 4. The second kappa shape index (κ2) is 10.6. The molecule has 0 aliphatic rings. The molecule has 44 heavy (non-hydrogen) atoms. The summed E-state index contributed by atoms with van der Waals surface area (Å²) >= 11 is 0. The Morgan fingerprint density at radius 1 is 0.364 bits per heavy atom. The third-order valence-electron chi connectivity index (χ3n) is 8.57. The van der Waals surface area contributed by atoms with Gasteiger partial charge in [-0.25, -0.2) is 15.0 Å². The third kappa shape index (κ3) is 4.42. The molecule has 8 aromatic rings. The van der Waals surface area contributed by atoms with E-state index in [0.717, 1.165) is 33.0 Å². The molecule has 0 spiro atoms. The molecule has 0 amide bonds. The van der Waals surface area contributed by atoms with E-state index in [2.05, 4.69) is 135 Å². The van der Waals surface area contributed by atoms with Crippen molar-refractivity contribution in [3.8, 4) is 45.3 Å². The lowest BCUT2D eigenvalue weighted by atomic mass is 9.92. The van der Waals surface area contributed by atoms with Crippen LogP contribution in [-0.2, 0) is 0 Å². The molecule has 208 valence electrons. The molecule has 0 bridgehead atoms. The van der Waals surface area contributed by atoms with E-state index in [1.165, 1.54) is 38.2 Å². The van der Waals surface area contributed by atoms with Crippen LogP contribution in [0.25, 0.3) is 77.6 Å². The Morgan fingerprint density at radius 3 is 1.75 bits per heavy atom. The molecule has 0 radical (unpaired) electrons. The summed E-state index contributed by atoms with van der Waals surface area (Å²) in [6.07, 6.45) is 0. The molecular formula is C41H29N3. The predicted molar refractivity (Wildman–Crippen MR) is 184 cm³/mol. The summed E-state index contributed by atoms with van der Waals surface area (Å²) in [6.45, 7) is 4.33. The summed E-state index contributed by atoms with van der Waals surface area (Å²) in [5, 5.41) is 7.20. The van der Waals surface area contributed by atoms with Gasteiger partial charge in [-0.1, -0.05) is 133 Å². The SMILES string of the molecule is Cc1cc(-c2c(C)ccc3ccccc23)ccc1-c1nc(-c2ccccc2)nc(-c2cc3ccccc3c3ccccc23)n1. The van der Waals surface area contributed by atoms with Gasteiger partial charge in [0.25, 0.3) is 0 Å². The number of aryl methyl sites for hydroxylation is 2. The number of hydrogen-bond acceptors (Lipinski definition) is 3. The topological polar surface area (TPSA) is 38.7 Å². The fraction of sp³-hybridized carbons (Fsp3) is 0.0488. The Balaban J connectivity index is 1.34. The van der Waals surface area contributed by atoms with Crippen LogP contribution in [-0.4, -0.2) is 15.0 Å². The van der Waals surface area contributed by atoms with Crippen molar-refractivity contribution in [1.29, 1.82) is 0 Å². The van der Waals surface area contributed by atoms with Gasteiger partial charge < -0.3 is 0 Å². The standard InChI is InChI=1S/C41H29N3/c1-26-20-21-28-12-6-9-17-34(28)38(26)31-22-23-32(27(2)24-31)40-42-39(29-13-4-3-5-14-29)43-41(44-40)37-25-30-15-7-8-16-33(30)35-18-10-11-19-36(35)37/h3-25H,1-2H3. The molecule has 0 aliphatic carbocycles. The second-order valence-corrected chi connectivity index (χ2v) is 11.4. The minimum absolute atomic E-state index is 0.663. The van der Waals surface area contributed by atoms with Crippen LogP contribution in [0, 0.1) is 13.8 Å². The Labute approximate surface area is 256 Å². The van der Waals surface area contributed by atoms with Crippen molar-refractivity contribution < 1.29 is 0 Å². The van der Waals surface area contributed by atoms with Crippen LogP contribution in [0.2, 0.25) is 0 Å². The van der Waals surface area contributed by atoms with Crippen molar-refractivity contribution in [3.05, 3.63) is 151 Å². The number of benzene rings is 7. The van der Waals surface area contributed by atoms with Crippen molar-refractivity contribution in [2.24, 2.45) is 0 Å². The summed E-state index contributed by atoms with van der Waals surface area (Å²) in [4.78, 5) is 15.3. The zero-order valence-corrected chi connectivity index (χ0v) is 24.6. The molecule has 1 aromatic heterocycles. The average Bonchev–Trinajstić information content (AvgIpc) is 3.08. The van der Waals surface area contributed by atoms with Gasteiger partial charge in [-0.2, -0.15) is 0 Å². The maximum absolute atomic E-state index is 5.16. The zero-order valence-electron chi connectivity index (χ0n) is 24.6. The maximum Gasteiger partial charge on any atom is 0.164 e. The second-order valence-electron chi connectivity index (χ2n) is 11.4. The van der Waals surface area contributed by atoms with Crippen LogP contribution in [0.1, 0.15) is 11.1 Å². The van der Waals surface area contributed by atoms with Crippen LogP contribution in [0.4, 0.5) is 0 Å². The highest BCUT2D eigenvalue weighted by molar-refractivity contribution is 6.13. The van der Waals surface area contributed by atoms with E-state index in [1.54, 1.807) is 0 Å². The van der Waals surface area contributed by atoms with E-state index in [0.29, 0.717) is 17.5 Å². The van der Waals surface area contributed by atoms with Gasteiger partial charge in [0.05, 0.1) is 0 Å². The number of fused-ring (bicyclic) bond motifs is 4. The molecule has 1 heterocycles. The molecule has 0 atom stereocenters. The zero-order chi connectivity index (χ0) is 29.6. The molecule has 7 aromatic carbocycles. The molecule has 0 aliphatic heterocycles. The quantitative estimate of drug-likeness (QED) is 0.200. The molecular weight excluding hydrogens is 534 g/mol. The van der Waals surface area contributed by atoms with E-state index >= 15 is 0 Å². The molecule has 0 saturated carbocycles. The van der Waals surface area contributed by atoms with Crippen molar-refractivity contribution in [1.82, 2.24) is 15.0 Å². The molecule has 0 fully saturated rings. The van der Waals surface area contributed by atoms with E-state index in [-0.39, 0.29) is 0 Å². The molecule has 3 heteroatoms.